The predicted octanol–water partition coefficient (Wildman–Crippen LogP) is 3.80. The van der Waals surface area contributed by atoms with Crippen molar-refractivity contribution < 1.29 is 13.5 Å². The van der Waals surface area contributed by atoms with Crippen LogP contribution in [-0.4, -0.2) is 19.8 Å². The summed E-state index contributed by atoms with van der Waals surface area (Å²) in [4.78, 5) is 0. The summed E-state index contributed by atoms with van der Waals surface area (Å²) in [5, 5.41) is 3.09. The van der Waals surface area contributed by atoms with E-state index in [0.29, 0.717) is 13.0 Å². The molecule has 0 heterocycles. The van der Waals surface area contributed by atoms with E-state index in [9.17, 15) is 8.78 Å². The van der Waals surface area contributed by atoms with Gasteiger partial charge in [0.2, 0.25) is 0 Å². The number of rotatable bonds is 6. The maximum absolute atomic E-state index is 14.0. The molecule has 0 aromatic heterocycles. The third-order valence-corrected chi connectivity index (χ3v) is 3.46. The van der Waals surface area contributed by atoms with E-state index in [1.807, 2.05) is 13.8 Å². The van der Waals surface area contributed by atoms with Crippen molar-refractivity contribution in [2.45, 2.75) is 32.4 Å². The van der Waals surface area contributed by atoms with Crippen LogP contribution in [0.15, 0.2) is 16.6 Å². The van der Waals surface area contributed by atoms with Gasteiger partial charge >= 0.3 is 0 Å². The molecule has 0 spiro atoms. The van der Waals surface area contributed by atoms with Gasteiger partial charge in [0.15, 0.2) is 0 Å². The van der Waals surface area contributed by atoms with E-state index in [4.69, 9.17) is 4.74 Å². The van der Waals surface area contributed by atoms with Gasteiger partial charge < -0.3 is 10.1 Å². The topological polar surface area (TPSA) is 21.3 Å². The average Bonchev–Trinajstić information content (AvgIpc) is 2.34. The van der Waals surface area contributed by atoms with Gasteiger partial charge in [-0.15, -0.1) is 0 Å². The molecule has 2 unspecified atom stereocenters. The summed E-state index contributed by atoms with van der Waals surface area (Å²) in [6, 6.07) is 2.24. The van der Waals surface area contributed by atoms with Crippen molar-refractivity contribution >= 4 is 15.9 Å². The summed E-state index contributed by atoms with van der Waals surface area (Å²) in [6.07, 6.45) is 0.432. The highest BCUT2D eigenvalue weighted by Crippen LogP contribution is 2.29. The molecule has 5 heteroatoms. The Morgan fingerprint density at radius 2 is 2.06 bits per heavy atom. The minimum atomic E-state index is -0.552. The van der Waals surface area contributed by atoms with Crippen molar-refractivity contribution in [3.63, 3.8) is 0 Å². The van der Waals surface area contributed by atoms with Crippen molar-refractivity contribution in [2.75, 3.05) is 13.7 Å². The Labute approximate surface area is 115 Å². The lowest BCUT2D eigenvalue weighted by atomic mass is 10.00. The van der Waals surface area contributed by atoms with Crippen molar-refractivity contribution in [1.29, 1.82) is 0 Å². The smallest absolute Gasteiger partial charge is 0.145 e. The molecule has 0 aliphatic carbocycles. The van der Waals surface area contributed by atoms with E-state index in [0.717, 1.165) is 0 Å². The number of hydrogen-bond acceptors (Lipinski definition) is 2. The molecular weight excluding hydrogens is 304 g/mol. The van der Waals surface area contributed by atoms with Crippen LogP contribution in [0.1, 0.15) is 31.9 Å². The minimum Gasteiger partial charge on any atom is -0.382 e. The maximum Gasteiger partial charge on any atom is 0.145 e. The molecule has 0 amide bonds. The molecule has 2 atom stereocenters. The first-order chi connectivity index (χ1) is 8.51. The first-order valence-corrected chi connectivity index (χ1v) is 6.70. The summed E-state index contributed by atoms with van der Waals surface area (Å²) in [5.74, 6) is -1.09. The van der Waals surface area contributed by atoms with E-state index in [1.165, 1.54) is 12.1 Å². The van der Waals surface area contributed by atoms with E-state index >= 15 is 0 Å². The lowest BCUT2D eigenvalue weighted by molar-refractivity contribution is 0.0997. The van der Waals surface area contributed by atoms with Crippen LogP contribution in [-0.2, 0) is 4.74 Å². The molecule has 1 aromatic rings. The van der Waals surface area contributed by atoms with E-state index in [1.54, 1.807) is 7.11 Å². The normalized spacial score (nSPS) is 14.6. The zero-order valence-corrected chi connectivity index (χ0v) is 12.4. The molecule has 0 radical (unpaired) electrons. The van der Waals surface area contributed by atoms with Gasteiger partial charge in [0.05, 0.1) is 10.6 Å². The van der Waals surface area contributed by atoms with Gasteiger partial charge in [-0.2, -0.15) is 0 Å². The van der Waals surface area contributed by atoms with Gasteiger partial charge in [-0.1, -0.05) is 6.92 Å². The fourth-order valence-electron chi connectivity index (χ4n) is 1.84. The van der Waals surface area contributed by atoms with Crippen LogP contribution in [0.4, 0.5) is 8.78 Å². The summed E-state index contributed by atoms with van der Waals surface area (Å²) >= 11 is 3.08. The molecule has 1 rings (SSSR count). The van der Waals surface area contributed by atoms with E-state index in [2.05, 4.69) is 21.2 Å². The average molecular weight is 322 g/mol. The molecule has 102 valence electrons. The van der Waals surface area contributed by atoms with Crippen LogP contribution < -0.4 is 5.32 Å². The molecule has 0 aliphatic heterocycles. The number of halogens is 3. The monoisotopic (exact) mass is 321 g/mol. The Kier molecular flexibility index (Phi) is 6.18. The quantitative estimate of drug-likeness (QED) is 0.805. The Morgan fingerprint density at radius 3 is 2.61 bits per heavy atom. The highest BCUT2D eigenvalue weighted by molar-refractivity contribution is 9.10. The van der Waals surface area contributed by atoms with E-state index < -0.39 is 17.7 Å². The Bertz CT molecular complexity index is 401. The number of hydrogen-bond donors (Lipinski definition) is 1. The van der Waals surface area contributed by atoms with E-state index in [-0.39, 0.29) is 16.1 Å². The van der Waals surface area contributed by atoms with Crippen molar-refractivity contribution in [1.82, 2.24) is 5.32 Å². The van der Waals surface area contributed by atoms with Crippen LogP contribution in [0.5, 0.6) is 0 Å². The molecule has 2 nitrogen and oxygen atoms in total. The lowest BCUT2D eigenvalue weighted by Crippen LogP contribution is -2.27. The van der Waals surface area contributed by atoms with Crippen LogP contribution in [0.25, 0.3) is 0 Å². The number of benzene rings is 1. The van der Waals surface area contributed by atoms with Gasteiger partial charge in [-0.3, -0.25) is 0 Å². The third-order valence-electron chi connectivity index (χ3n) is 2.85. The van der Waals surface area contributed by atoms with Crippen molar-refractivity contribution in [3.05, 3.63) is 33.8 Å². The van der Waals surface area contributed by atoms with Crippen molar-refractivity contribution in [3.8, 4) is 0 Å². The molecule has 1 aromatic carbocycles. The third kappa shape index (κ3) is 3.73. The van der Waals surface area contributed by atoms with Gasteiger partial charge in [0, 0.05) is 18.7 Å². The lowest BCUT2D eigenvalue weighted by Gasteiger charge is -2.22. The standard InChI is InChI=1S/C13H18BrF2NO/c1-4-17-11(7-8(2)18-3)12-10(15)6-5-9(14)13(12)16/h5-6,8,11,17H,4,7H2,1-3H3. The number of ether oxygens (including phenoxy) is 1. The fourth-order valence-corrected chi connectivity index (χ4v) is 2.19. The molecule has 0 saturated carbocycles. The highest BCUT2D eigenvalue weighted by Gasteiger charge is 2.23. The Balaban J connectivity index is 3.08. The second-order valence-corrected chi connectivity index (χ2v) is 5.00. The Morgan fingerprint density at radius 1 is 1.39 bits per heavy atom. The van der Waals surface area contributed by atoms with Crippen LogP contribution in [0.3, 0.4) is 0 Å². The predicted molar refractivity (Wildman–Crippen MR) is 71.6 cm³/mol. The van der Waals surface area contributed by atoms with Gasteiger partial charge in [0.1, 0.15) is 11.6 Å². The molecule has 0 bridgehead atoms. The van der Waals surface area contributed by atoms with Gasteiger partial charge in [0.25, 0.3) is 0 Å². The second kappa shape index (κ2) is 7.16. The summed E-state index contributed by atoms with van der Waals surface area (Å²) < 4.78 is 33.3. The van der Waals surface area contributed by atoms with Gasteiger partial charge in [-0.25, -0.2) is 8.78 Å². The first kappa shape index (κ1) is 15.5. The minimum absolute atomic E-state index is 0.0649. The van der Waals surface area contributed by atoms with Crippen LogP contribution in [0.2, 0.25) is 0 Å². The molecule has 0 aliphatic rings. The van der Waals surface area contributed by atoms with Crippen molar-refractivity contribution in [2.24, 2.45) is 0 Å². The first-order valence-electron chi connectivity index (χ1n) is 5.90. The molecule has 1 N–H and O–H groups in total. The molecular formula is C13H18BrF2NO. The SMILES string of the molecule is CCNC(CC(C)OC)c1c(F)ccc(Br)c1F. The summed E-state index contributed by atoms with van der Waals surface area (Å²) in [5.41, 5.74) is 0.0649. The number of nitrogens with one attached hydrogen (secondary N) is 1. The van der Waals surface area contributed by atoms with Crippen LogP contribution in [0, 0.1) is 11.6 Å². The maximum atomic E-state index is 14.0. The largest absolute Gasteiger partial charge is 0.382 e. The Hall–Kier alpha value is -0.520. The molecule has 0 saturated heterocycles. The molecule has 0 fully saturated rings. The fraction of sp³-hybridized carbons (Fsp3) is 0.538. The van der Waals surface area contributed by atoms with Gasteiger partial charge in [-0.05, 0) is 48.0 Å². The summed E-state index contributed by atoms with van der Waals surface area (Å²) in [7, 11) is 1.58. The highest BCUT2D eigenvalue weighted by atomic mass is 79.9. The molecule has 18 heavy (non-hydrogen) atoms. The second-order valence-electron chi connectivity index (χ2n) is 4.15. The zero-order valence-electron chi connectivity index (χ0n) is 10.8. The zero-order chi connectivity index (χ0) is 13.7. The summed E-state index contributed by atoms with van der Waals surface area (Å²) in [6.45, 7) is 4.41. The van der Waals surface area contributed by atoms with Crippen LogP contribution >= 0.6 is 15.9 Å². The number of methoxy groups -OCH3 is 1.